The predicted molar refractivity (Wildman–Crippen MR) is 80.3 cm³/mol. The number of hydrogen-bond donors (Lipinski definition) is 1. The number of amides is 2. The van der Waals surface area contributed by atoms with Crippen LogP contribution in [0, 0.1) is 17.5 Å². The molecule has 2 aromatic rings. The van der Waals surface area contributed by atoms with E-state index in [1.807, 2.05) is 0 Å². The van der Waals surface area contributed by atoms with E-state index in [4.69, 9.17) is 4.42 Å². The summed E-state index contributed by atoms with van der Waals surface area (Å²) in [5.74, 6) is -5.34. The molecule has 1 aromatic heterocycles. The van der Waals surface area contributed by atoms with E-state index >= 15 is 0 Å². The van der Waals surface area contributed by atoms with E-state index < -0.39 is 41.5 Å². The molecule has 5 nitrogen and oxygen atoms in total. The minimum Gasteiger partial charge on any atom is -0.465 e. The Hall–Kier alpha value is -3.03. The highest BCUT2D eigenvalue weighted by Crippen LogP contribution is 2.19. The standard InChI is InChI=1S/C16H13F3N2O3/c1-21(14(23)7-4-10-3-2-8-24-10)9-13(22)20-12-6-5-11(17)15(18)16(12)19/h2-8H,9H2,1H3,(H,20,22). The van der Waals surface area contributed by atoms with Gasteiger partial charge in [0.25, 0.3) is 0 Å². The zero-order valence-electron chi connectivity index (χ0n) is 12.6. The molecule has 0 saturated carbocycles. The number of carbonyl (C=O) groups is 2. The largest absolute Gasteiger partial charge is 0.465 e. The molecule has 0 aliphatic carbocycles. The van der Waals surface area contributed by atoms with Gasteiger partial charge in [0.2, 0.25) is 11.8 Å². The lowest BCUT2D eigenvalue weighted by atomic mass is 10.2. The van der Waals surface area contributed by atoms with Crippen molar-refractivity contribution in [1.82, 2.24) is 4.90 Å². The van der Waals surface area contributed by atoms with Crippen molar-refractivity contribution in [3.05, 3.63) is 59.8 Å². The van der Waals surface area contributed by atoms with E-state index in [0.717, 1.165) is 11.0 Å². The molecule has 0 atom stereocenters. The van der Waals surface area contributed by atoms with E-state index in [1.165, 1.54) is 25.5 Å². The SMILES string of the molecule is CN(CC(=O)Nc1ccc(F)c(F)c1F)C(=O)C=Cc1ccco1. The Balaban J connectivity index is 1.94. The first kappa shape index (κ1) is 17.3. The summed E-state index contributed by atoms with van der Waals surface area (Å²) in [6.45, 7) is -0.403. The molecule has 2 amide bonds. The molecule has 0 spiro atoms. The van der Waals surface area contributed by atoms with Gasteiger partial charge in [-0.05, 0) is 30.3 Å². The van der Waals surface area contributed by atoms with Gasteiger partial charge in [0.1, 0.15) is 5.76 Å². The van der Waals surface area contributed by atoms with Crippen molar-refractivity contribution >= 4 is 23.6 Å². The van der Waals surface area contributed by atoms with Gasteiger partial charge < -0.3 is 14.6 Å². The van der Waals surface area contributed by atoms with Gasteiger partial charge in [0.05, 0.1) is 18.5 Å². The summed E-state index contributed by atoms with van der Waals surface area (Å²) in [6, 6.07) is 4.87. The number of rotatable bonds is 5. The summed E-state index contributed by atoms with van der Waals surface area (Å²) < 4.78 is 44.4. The molecule has 0 unspecified atom stereocenters. The van der Waals surface area contributed by atoms with Crippen LogP contribution in [0.3, 0.4) is 0 Å². The molecular formula is C16H13F3N2O3. The topological polar surface area (TPSA) is 62.6 Å². The highest BCUT2D eigenvalue weighted by Gasteiger charge is 2.17. The maximum absolute atomic E-state index is 13.5. The smallest absolute Gasteiger partial charge is 0.246 e. The van der Waals surface area contributed by atoms with Crippen LogP contribution >= 0.6 is 0 Å². The average Bonchev–Trinajstić information content (AvgIpc) is 3.06. The fourth-order valence-corrected chi connectivity index (χ4v) is 1.77. The Morgan fingerprint density at radius 2 is 1.96 bits per heavy atom. The zero-order chi connectivity index (χ0) is 17.7. The third-order valence-corrected chi connectivity index (χ3v) is 3.00. The van der Waals surface area contributed by atoms with Crippen LogP contribution in [0.4, 0.5) is 18.9 Å². The van der Waals surface area contributed by atoms with E-state index in [0.29, 0.717) is 11.8 Å². The Morgan fingerprint density at radius 3 is 2.62 bits per heavy atom. The lowest BCUT2D eigenvalue weighted by Gasteiger charge is -2.15. The van der Waals surface area contributed by atoms with Crippen molar-refractivity contribution < 1.29 is 27.2 Å². The first-order valence-corrected chi connectivity index (χ1v) is 6.78. The fourth-order valence-electron chi connectivity index (χ4n) is 1.77. The normalized spacial score (nSPS) is 10.8. The van der Waals surface area contributed by atoms with Crippen molar-refractivity contribution in [1.29, 1.82) is 0 Å². The van der Waals surface area contributed by atoms with E-state index in [9.17, 15) is 22.8 Å². The van der Waals surface area contributed by atoms with Crippen LogP contribution in [0.1, 0.15) is 5.76 Å². The number of nitrogens with one attached hydrogen (secondary N) is 1. The van der Waals surface area contributed by atoms with Crippen LogP contribution in [0.2, 0.25) is 0 Å². The average molecular weight is 338 g/mol. The Kier molecular flexibility index (Phi) is 5.41. The highest BCUT2D eigenvalue weighted by molar-refractivity contribution is 5.97. The van der Waals surface area contributed by atoms with E-state index in [1.54, 1.807) is 12.1 Å². The van der Waals surface area contributed by atoms with Crippen molar-refractivity contribution in [3.63, 3.8) is 0 Å². The molecule has 0 fully saturated rings. The predicted octanol–water partition coefficient (Wildman–Crippen LogP) is 2.81. The molecule has 0 bridgehead atoms. The Labute approximate surface area is 135 Å². The van der Waals surface area contributed by atoms with Crippen LogP contribution < -0.4 is 5.32 Å². The number of halogens is 3. The molecular weight excluding hydrogens is 325 g/mol. The van der Waals surface area contributed by atoms with Gasteiger partial charge in [0.15, 0.2) is 17.5 Å². The van der Waals surface area contributed by atoms with Crippen LogP contribution in [-0.4, -0.2) is 30.3 Å². The maximum atomic E-state index is 13.5. The molecule has 8 heteroatoms. The summed E-state index contributed by atoms with van der Waals surface area (Å²) in [5.41, 5.74) is -0.508. The lowest BCUT2D eigenvalue weighted by molar-refractivity contribution is -0.129. The highest BCUT2D eigenvalue weighted by atomic mass is 19.2. The second-order valence-corrected chi connectivity index (χ2v) is 4.81. The molecule has 24 heavy (non-hydrogen) atoms. The molecule has 1 heterocycles. The van der Waals surface area contributed by atoms with Gasteiger partial charge in [-0.2, -0.15) is 0 Å². The van der Waals surface area contributed by atoms with E-state index in [-0.39, 0.29) is 0 Å². The maximum Gasteiger partial charge on any atom is 0.246 e. The minimum absolute atomic E-state index is 0.403. The summed E-state index contributed by atoms with van der Waals surface area (Å²) in [7, 11) is 1.36. The molecule has 0 saturated heterocycles. The van der Waals surface area contributed by atoms with E-state index in [2.05, 4.69) is 5.32 Å². The van der Waals surface area contributed by atoms with Crippen molar-refractivity contribution in [2.45, 2.75) is 0 Å². The Bertz CT molecular complexity index is 773. The first-order chi connectivity index (χ1) is 11.4. The van der Waals surface area contributed by atoms with Crippen LogP contribution in [0.25, 0.3) is 6.08 Å². The van der Waals surface area contributed by atoms with Gasteiger partial charge in [-0.1, -0.05) is 0 Å². The van der Waals surface area contributed by atoms with Crippen LogP contribution in [0.5, 0.6) is 0 Å². The summed E-state index contributed by atoms with van der Waals surface area (Å²) in [6.07, 6.45) is 4.06. The van der Waals surface area contributed by atoms with Crippen molar-refractivity contribution in [2.24, 2.45) is 0 Å². The molecule has 0 radical (unpaired) electrons. The molecule has 2 rings (SSSR count). The summed E-state index contributed by atoms with van der Waals surface area (Å²) >= 11 is 0. The van der Waals surface area contributed by atoms with Gasteiger partial charge in [-0.3, -0.25) is 9.59 Å². The Morgan fingerprint density at radius 1 is 1.21 bits per heavy atom. The summed E-state index contributed by atoms with van der Waals surface area (Å²) in [5, 5.41) is 2.08. The fraction of sp³-hybridized carbons (Fsp3) is 0.125. The molecule has 1 aromatic carbocycles. The molecule has 0 aliphatic heterocycles. The second kappa shape index (κ2) is 7.49. The molecule has 126 valence electrons. The number of benzene rings is 1. The third-order valence-electron chi connectivity index (χ3n) is 3.00. The number of furan rings is 1. The van der Waals surface area contributed by atoms with Gasteiger partial charge >= 0.3 is 0 Å². The number of carbonyl (C=O) groups excluding carboxylic acids is 2. The van der Waals surface area contributed by atoms with Gasteiger partial charge in [0, 0.05) is 13.1 Å². The zero-order valence-corrected chi connectivity index (χ0v) is 12.6. The molecule has 0 aliphatic rings. The second-order valence-electron chi connectivity index (χ2n) is 4.81. The number of likely N-dealkylation sites (N-methyl/N-ethyl adjacent to an activating group) is 1. The number of nitrogens with zero attached hydrogens (tertiary/aromatic N) is 1. The third kappa shape index (κ3) is 4.25. The molecule has 1 N–H and O–H groups in total. The summed E-state index contributed by atoms with van der Waals surface area (Å²) in [4.78, 5) is 24.7. The van der Waals surface area contributed by atoms with Crippen molar-refractivity contribution in [2.75, 3.05) is 18.9 Å². The van der Waals surface area contributed by atoms with Gasteiger partial charge in [-0.15, -0.1) is 0 Å². The van der Waals surface area contributed by atoms with Gasteiger partial charge in [-0.25, -0.2) is 13.2 Å². The number of hydrogen-bond acceptors (Lipinski definition) is 3. The number of anilines is 1. The van der Waals surface area contributed by atoms with Crippen LogP contribution in [0.15, 0.2) is 41.0 Å². The first-order valence-electron chi connectivity index (χ1n) is 6.78. The monoisotopic (exact) mass is 338 g/mol. The lowest BCUT2D eigenvalue weighted by Crippen LogP contribution is -2.34. The minimum atomic E-state index is -1.68. The van der Waals surface area contributed by atoms with Crippen LogP contribution in [-0.2, 0) is 9.59 Å². The van der Waals surface area contributed by atoms with Crippen molar-refractivity contribution in [3.8, 4) is 0 Å². The quantitative estimate of drug-likeness (QED) is 0.674.